The second kappa shape index (κ2) is 3.65. The molecule has 78 valence electrons. The normalized spacial score (nSPS) is 10.3. The van der Waals surface area contributed by atoms with Crippen LogP contribution in [0.25, 0.3) is 5.69 Å². The number of rotatable bonds is 2. The third-order valence-corrected chi connectivity index (χ3v) is 2.33. The number of aryl methyl sites for hydroxylation is 1. The van der Waals surface area contributed by atoms with Gasteiger partial charge in [0, 0.05) is 13.1 Å². The molecule has 0 saturated heterocycles. The first-order valence-corrected chi connectivity index (χ1v) is 4.81. The Kier molecular flexibility index (Phi) is 2.33. The highest BCUT2D eigenvalue weighted by molar-refractivity contribution is 5.53. The smallest absolute Gasteiger partial charge is 0.148 e. The van der Waals surface area contributed by atoms with Gasteiger partial charge in [0.1, 0.15) is 11.6 Å². The molecule has 1 aromatic carbocycles. The first-order chi connectivity index (χ1) is 7.22. The average Bonchev–Trinajstić information content (AvgIpc) is 2.60. The number of para-hydroxylation sites is 1. The molecule has 0 atom stereocenters. The number of hydrogen-bond acceptors (Lipinski definition) is 3. The van der Waals surface area contributed by atoms with Crippen LogP contribution >= 0.6 is 0 Å². The number of hydrogen-bond donors (Lipinski definition) is 2. The van der Waals surface area contributed by atoms with Crippen molar-refractivity contribution in [2.24, 2.45) is 0 Å². The molecule has 0 aliphatic rings. The Labute approximate surface area is 88.7 Å². The molecule has 0 aliphatic carbocycles. The number of nitrogens with two attached hydrogens (primary N) is 1. The highest BCUT2D eigenvalue weighted by atomic mass is 15.3. The van der Waals surface area contributed by atoms with E-state index in [2.05, 4.69) is 10.4 Å². The fraction of sp³-hybridized carbons (Fsp3) is 0.182. The van der Waals surface area contributed by atoms with Gasteiger partial charge in [-0.1, -0.05) is 18.2 Å². The van der Waals surface area contributed by atoms with Crippen LogP contribution in [0, 0.1) is 6.92 Å². The SMILES string of the molecule is CNc1cc(N)nn1-c1ccccc1C. The van der Waals surface area contributed by atoms with E-state index in [0.29, 0.717) is 5.82 Å². The van der Waals surface area contributed by atoms with E-state index in [0.717, 1.165) is 17.1 Å². The lowest BCUT2D eigenvalue weighted by Crippen LogP contribution is -2.03. The van der Waals surface area contributed by atoms with Gasteiger partial charge in [-0.3, -0.25) is 0 Å². The lowest BCUT2D eigenvalue weighted by molar-refractivity contribution is 0.883. The largest absolute Gasteiger partial charge is 0.382 e. The molecule has 0 fully saturated rings. The van der Waals surface area contributed by atoms with Crippen LogP contribution < -0.4 is 11.1 Å². The molecule has 0 saturated carbocycles. The number of nitrogens with one attached hydrogen (secondary N) is 1. The molecule has 4 heteroatoms. The van der Waals surface area contributed by atoms with Gasteiger partial charge in [0.15, 0.2) is 0 Å². The number of nitrogens with zero attached hydrogens (tertiary/aromatic N) is 2. The number of anilines is 2. The lowest BCUT2D eigenvalue weighted by Gasteiger charge is -2.08. The van der Waals surface area contributed by atoms with Gasteiger partial charge in [0.2, 0.25) is 0 Å². The Bertz CT molecular complexity index is 473. The predicted octanol–water partition coefficient (Wildman–Crippen LogP) is 1.80. The van der Waals surface area contributed by atoms with Gasteiger partial charge in [-0.05, 0) is 18.6 Å². The van der Waals surface area contributed by atoms with Crippen LogP contribution in [0.15, 0.2) is 30.3 Å². The molecule has 0 spiro atoms. The summed E-state index contributed by atoms with van der Waals surface area (Å²) in [5, 5.41) is 7.31. The first kappa shape index (κ1) is 9.58. The Morgan fingerprint density at radius 3 is 2.73 bits per heavy atom. The molecule has 0 radical (unpaired) electrons. The summed E-state index contributed by atoms with van der Waals surface area (Å²) in [5.41, 5.74) is 7.87. The summed E-state index contributed by atoms with van der Waals surface area (Å²) in [7, 11) is 1.85. The van der Waals surface area contributed by atoms with E-state index in [-0.39, 0.29) is 0 Å². The summed E-state index contributed by atoms with van der Waals surface area (Å²) in [6.45, 7) is 2.05. The summed E-state index contributed by atoms with van der Waals surface area (Å²) in [6, 6.07) is 9.87. The van der Waals surface area contributed by atoms with Gasteiger partial charge in [0.25, 0.3) is 0 Å². The summed E-state index contributed by atoms with van der Waals surface area (Å²) in [5.74, 6) is 1.41. The number of nitrogen functional groups attached to an aromatic ring is 1. The van der Waals surface area contributed by atoms with Crippen molar-refractivity contribution in [2.75, 3.05) is 18.1 Å². The third-order valence-electron chi connectivity index (χ3n) is 2.33. The van der Waals surface area contributed by atoms with Crippen LogP contribution in [0.3, 0.4) is 0 Å². The Morgan fingerprint density at radius 1 is 1.33 bits per heavy atom. The van der Waals surface area contributed by atoms with Crippen molar-refractivity contribution in [1.29, 1.82) is 0 Å². The predicted molar refractivity (Wildman–Crippen MR) is 62.3 cm³/mol. The Balaban J connectivity index is 2.58. The molecule has 4 nitrogen and oxygen atoms in total. The van der Waals surface area contributed by atoms with Crippen molar-refractivity contribution in [3.63, 3.8) is 0 Å². The van der Waals surface area contributed by atoms with Gasteiger partial charge in [-0.15, -0.1) is 5.10 Å². The lowest BCUT2D eigenvalue weighted by atomic mass is 10.2. The molecular weight excluding hydrogens is 188 g/mol. The summed E-state index contributed by atoms with van der Waals surface area (Å²) >= 11 is 0. The molecule has 0 bridgehead atoms. The van der Waals surface area contributed by atoms with E-state index in [4.69, 9.17) is 5.73 Å². The van der Waals surface area contributed by atoms with Crippen LogP contribution in [0.2, 0.25) is 0 Å². The van der Waals surface area contributed by atoms with E-state index < -0.39 is 0 Å². The van der Waals surface area contributed by atoms with Gasteiger partial charge >= 0.3 is 0 Å². The summed E-state index contributed by atoms with van der Waals surface area (Å²) in [4.78, 5) is 0. The van der Waals surface area contributed by atoms with E-state index in [9.17, 15) is 0 Å². The fourth-order valence-corrected chi connectivity index (χ4v) is 1.56. The molecule has 3 N–H and O–H groups in total. The van der Waals surface area contributed by atoms with E-state index in [1.165, 1.54) is 0 Å². The minimum Gasteiger partial charge on any atom is -0.382 e. The van der Waals surface area contributed by atoms with Crippen LogP contribution in [0.1, 0.15) is 5.56 Å². The highest BCUT2D eigenvalue weighted by Crippen LogP contribution is 2.20. The molecule has 1 aromatic heterocycles. The summed E-state index contributed by atoms with van der Waals surface area (Å²) < 4.78 is 1.81. The number of aromatic nitrogens is 2. The molecule has 0 aliphatic heterocycles. The topological polar surface area (TPSA) is 55.9 Å². The molecule has 2 rings (SSSR count). The van der Waals surface area contributed by atoms with Gasteiger partial charge in [-0.25, -0.2) is 4.68 Å². The maximum absolute atomic E-state index is 5.67. The molecule has 0 amide bonds. The maximum Gasteiger partial charge on any atom is 0.148 e. The fourth-order valence-electron chi connectivity index (χ4n) is 1.56. The molecule has 2 aromatic rings. The van der Waals surface area contributed by atoms with Crippen LogP contribution in [0.5, 0.6) is 0 Å². The first-order valence-electron chi connectivity index (χ1n) is 4.81. The molecule has 1 heterocycles. The van der Waals surface area contributed by atoms with E-state index >= 15 is 0 Å². The zero-order valence-electron chi connectivity index (χ0n) is 8.86. The minimum atomic E-state index is 0.516. The quantitative estimate of drug-likeness (QED) is 0.780. The van der Waals surface area contributed by atoms with E-state index in [1.54, 1.807) is 0 Å². The number of benzene rings is 1. The van der Waals surface area contributed by atoms with Crippen molar-refractivity contribution in [2.45, 2.75) is 6.92 Å². The highest BCUT2D eigenvalue weighted by Gasteiger charge is 2.07. The Morgan fingerprint density at radius 2 is 2.07 bits per heavy atom. The zero-order chi connectivity index (χ0) is 10.8. The van der Waals surface area contributed by atoms with Gasteiger partial charge < -0.3 is 11.1 Å². The third kappa shape index (κ3) is 1.66. The monoisotopic (exact) mass is 202 g/mol. The summed E-state index contributed by atoms with van der Waals surface area (Å²) in [6.07, 6.45) is 0. The maximum atomic E-state index is 5.67. The van der Waals surface area contributed by atoms with E-state index in [1.807, 2.05) is 49.0 Å². The standard InChI is InChI=1S/C11H14N4/c1-8-5-3-4-6-9(8)15-11(13-2)7-10(12)14-15/h3-7,13H,1-2H3,(H2,12,14). The van der Waals surface area contributed by atoms with Crippen molar-refractivity contribution < 1.29 is 0 Å². The molecule has 0 unspecified atom stereocenters. The van der Waals surface area contributed by atoms with Crippen LogP contribution in [-0.4, -0.2) is 16.8 Å². The van der Waals surface area contributed by atoms with Crippen molar-refractivity contribution >= 4 is 11.6 Å². The average molecular weight is 202 g/mol. The van der Waals surface area contributed by atoms with Gasteiger partial charge in [0.05, 0.1) is 5.69 Å². The second-order valence-corrected chi connectivity index (χ2v) is 3.40. The molecule has 15 heavy (non-hydrogen) atoms. The Hall–Kier alpha value is -1.97. The second-order valence-electron chi connectivity index (χ2n) is 3.40. The zero-order valence-corrected chi connectivity index (χ0v) is 8.86. The van der Waals surface area contributed by atoms with Crippen molar-refractivity contribution in [1.82, 2.24) is 9.78 Å². The molecular formula is C11H14N4. The van der Waals surface area contributed by atoms with Crippen LogP contribution in [-0.2, 0) is 0 Å². The van der Waals surface area contributed by atoms with Gasteiger partial charge in [-0.2, -0.15) is 0 Å². The van der Waals surface area contributed by atoms with Crippen molar-refractivity contribution in [3.8, 4) is 5.69 Å². The van der Waals surface area contributed by atoms with Crippen molar-refractivity contribution in [3.05, 3.63) is 35.9 Å². The minimum absolute atomic E-state index is 0.516. The van der Waals surface area contributed by atoms with Crippen LogP contribution in [0.4, 0.5) is 11.6 Å².